The Morgan fingerprint density at radius 3 is 2.75 bits per heavy atom. The molecule has 2 unspecified atom stereocenters. The molecule has 12 heavy (non-hydrogen) atoms. The molecule has 0 saturated heterocycles. The summed E-state index contributed by atoms with van der Waals surface area (Å²) >= 11 is 0. The minimum atomic E-state index is -0.449. The van der Waals surface area contributed by atoms with Crippen molar-refractivity contribution in [2.75, 3.05) is 13.7 Å². The molecule has 5 nitrogen and oxygen atoms in total. The number of likely N-dealkylation sites (N-methyl/N-ethyl adjacent to an activating group) is 1. The lowest BCUT2D eigenvalue weighted by atomic mass is 10.1. The molecule has 1 heterocycles. The van der Waals surface area contributed by atoms with Gasteiger partial charge in [0.2, 0.25) is 0 Å². The predicted octanol–water partition coefficient (Wildman–Crippen LogP) is 0.619. The highest BCUT2D eigenvalue weighted by Gasteiger charge is 2.33. The van der Waals surface area contributed by atoms with Gasteiger partial charge in [0, 0.05) is 7.05 Å². The third-order valence-corrected chi connectivity index (χ3v) is 1.89. The summed E-state index contributed by atoms with van der Waals surface area (Å²) in [6, 6.07) is -0.445. The maximum atomic E-state index is 11.2. The zero-order valence-corrected chi connectivity index (χ0v) is 7.52. The Morgan fingerprint density at radius 1 is 1.67 bits per heavy atom. The number of carbonyl (C=O) groups excluding carboxylic acids is 1. The standard InChI is InChI=1S/C7H13N3O2/c1-4-12-7(11)6-5(2)10(3)9-8-6/h5-6H,4H2,1-3H3. The monoisotopic (exact) mass is 171 g/mol. The minimum Gasteiger partial charge on any atom is -0.464 e. The molecule has 0 aromatic carbocycles. The summed E-state index contributed by atoms with van der Waals surface area (Å²) in [6.07, 6.45) is 0. The Labute approximate surface area is 71.4 Å². The molecule has 0 fully saturated rings. The summed E-state index contributed by atoms with van der Waals surface area (Å²) < 4.78 is 4.83. The van der Waals surface area contributed by atoms with E-state index in [4.69, 9.17) is 4.74 Å². The molecule has 0 saturated carbocycles. The molecule has 0 amide bonds. The lowest BCUT2D eigenvalue weighted by Crippen LogP contribution is -2.35. The average molecular weight is 171 g/mol. The fourth-order valence-corrected chi connectivity index (χ4v) is 0.991. The first-order chi connectivity index (χ1) is 5.66. The van der Waals surface area contributed by atoms with Crippen LogP contribution in [0, 0.1) is 0 Å². The van der Waals surface area contributed by atoms with Crippen LogP contribution in [0.3, 0.4) is 0 Å². The van der Waals surface area contributed by atoms with Gasteiger partial charge in [0.15, 0.2) is 6.04 Å². The summed E-state index contributed by atoms with van der Waals surface area (Å²) in [5.74, 6) is -0.293. The molecular formula is C7H13N3O2. The molecule has 0 N–H and O–H groups in total. The van der Waals surface area contributed by atoms with Crippen LogP contribution < -0.4 is 0 Å². The van der Waals surface area contributed by atoms with E-state index in [1.165, 1.54) is 0 Å². The lowest BCUT2D eigenvalue weighted by molar-refractivity contribution is -0.145. The van der Waals surface area contributed by atoms with Crippen LogP contribution in [-0.4, -0.2) is 36.7 Å². The maximum absolute atomic E-state index is 11.2. The van der Waals surface area contributed by atoms with Gasteiger partial charge in [0.25, 0.3) is 0 Å². The average Bonchev–Trinajstić information content (AvgIpc) is 2.34. The summed E-state index contributed by atoms with van der Waals surface area (Å²) in [7, 11) is 1.79. The van der Waals surface area contributed by atoms with Crippen LogP contribution in [0.15, 0.2) is 10.3 Å². The third-order valence-electron chi connectivity index (χ3n) is 1.89. The van der Waals surface area contributed by atoms with Crippen LogP contribution in [0.2, 0.25) is 0 Å². The van der Waals surface area contributed by atoms with Gasteiger partial charge in [-0.15, -0.1) is 0 Å². The predicted molar refractivity (Wildman–Crippen MR) is 42.5 cm³/mol. The Morgan fingerprint density at radius 2 is 2.33 bits per heavy atom. The third kappa shape index (κ3) is 1.54. The molecule has 0 radical (unpaired) electrons. The molecule has 1 aliphatic heterocycles. The Balaban J connectivity index is 2.54. The Bertz CT molecular complexity index is 205. The molecule has 1 aliphatic rings. The van der Waals surface area contributed by atoms with Crippen LogP contribution in [0.5, 0.6) is 0 Å². The molecule has 1 rings (SSSR count). The summed E-state index contributed by atoms with van der Waals surface area (Å²) in [4.78, 5) is 11.2. The zero-order valence-electron chi connectivity index (χ0n) is 7.52. The second kappa shape index (κ2) is 3.51. The van der Waals surface area contributed by atoms with Crippen molar-refractivity contribution in [1.29, 1.82) is 0 Å². The SMILES string of the molecule is CCOC(=O)C1N=NN(C)C1C. The van der Waals surface area contributed by atoms with E-state index in [1.807, 2.05) is 6.92 Å². The fourth-order valence-electron chi connectivity index (χ4n) is 0.991. The fraction of sp³-hybridized carbons (Fsp3) is 0.857. The second-order valence-electron chi connectivity index (χ2n) is 2.72. The van der Waals surface area contributed by atoms with Gasteiger partial charge in [-0.2, -0.15) is 5.11 Å². The number of hydrogen-bond acceptors (Lipinski definition) is 5. The maximum Gasteiger partial charge on any atom is 0.335 e. The molecule has 68 valence electrons. The van der Waals surface area contributed by atoms with Crippen LogP contribution in [0.25, 0.3) is 0 Å². The van der Waals surface area contributed by atoms with E-state index in [2.05, 4.69) is 10.3 Å². The molecule has 0 aromatic rings. The zero-order chi connectivity index (χ0) is 9.14. The van der Waals surface area contributed by atoms with Crippen LogP contribution in [-0.2, 0) is 9.53 Å². The smallest absolute Gasteiger partial charge is 0.335 e. The van der Waals surface area contributed by atoms with E-state index in [-0.39, 0.29) is 12.0 Å². The van der Waals surface area contributed by atoms with Crippen molar-refractivity contribution in [1.82, 2.24) is 5.01 Å². The Kier molecular flexibility index (Phi) is 2.62. The van der Waals surface area contributed by atoms with Crippen LogP contribution in [0.1, 0.15) is 13.8 Å². The summed E-state index contributed by atoms with van der Waals surface area (Å²) in [5, 5.41) is 9.21. The highest BCUT2D eigenvalue weighted by atomic mass is 16.5. The molecule has 0 aliphatic carbocycles. The van der Waals surface area contributed by atoms with Crippen molar-refractivity contribution in [3.8, 4) is 0 Å². The van der Waals surface area contributed by atoms with Gasteiger partial charge in [-0.3, -0.25) is 5.01 Å². The first-order valence-electron chi connectivity index (χ1n) is 3.97. The van der Waals surface area contributed by atoms with Gasteiger partial charge in [-0.1, -0.05) is 5.22 Å². The van der Waals surface area contributed by atoms with Gasteiger partial charge in [0.1, 0.15) is 0 Å². The van der Waals surface area contributed by atoms with E-state index in [0.717, 1.165) is 0 Å². The Hall–Kier alpha value is -1.13. The van der Waals surface area contributed by atoms with Gasteiger partial charge in [-0.05, 0) is 13.8 Å². The van der Waals surface area contributed by atoms with Gasteiger partial charge in [0.05, 0.1) is 12.6 Å². The summed E-state index contributed by atoms with van der Waals surface area (Å²) in [6.45, 7) is 4.06. The van der Waals surface area contributed by atoms with Gasteiger partial charge in [-0.25, -0.2) is 4.79 Å². The molecule has 0 spiro atoms. The molecule has 0 aromatic heterocycles. The largest absolute Gasteiger partial charge is 0.464 e. The van der Waals surface area contributed by atoms with Gasteiger partial charge < -0.3 is 4.74 Å². The number of nitrogens with zero attached hydrogens (tertiary/aromatic N) is 3. The van der Waals surface area contributed by atoms with Crippen LogP contribution >= 0.6 is 0 Å². The molecule has 2 atom stereocenters. The highest BCUT2D eigenvalue weighted by Crippen LogP contribution is 2.15. The molecular weight excluding hydrogens is 158 g/mol. The van der Waals surface area contributed by atoms with E-state index in [9.17, 15) is 4.79 Å². The lowest BCUT2D eigenvalue weighted by Gasteiger charge is -2.15. The summed E-state index contributed by atoms with van der Waals surface area (Å²) in [5.41, 5.74) is 0. The van der Waals surface area contributed by atoms with E-state index in [0.29, 0.717) is 6.61 Å². The van der Waals surface area contributed by atoms with Gasteiger partial charge >= 0.3 is 5.97 Å². The van der Waals surface area contributed by atoms with E-state index < -0.39 is 6.04 Å². The first kappa shape index (κ1) is 8.96. The number of rotatable bonds is 2. The highest BCUT2D eigenvalue weighted by molar-refractivity contribution is 5.77. The quantitative estimate of drug-likeness (QED) is 0.572. The van der Waals surface area contributed by atoms with Crippen molar-refractivity contribution in [2.24, 2.45) is 10.3 Å². The molecule has 0 bridgehead atoms. The van der Waals surface area contributed by atoms with Crippen LogP contribution in [0.4, 0.5) is 0 Å². The number of esters is 1. The van der Waals surface area contributed by atoms with E-state index in [1.54, 1.807) is 19.0 Å². The molecule has 5 heteroatoms. The minimum absolute atomic E-state index is 0.00375. The number of ether oxygens (including phenoxy) is 1. The first-order valence-corrected chi connectivity index (χ1v) is 3.97. The van der Waals surface area contributed by atoms with Crippen molar-refractivity contribution in [3.63, 3.8) is 0 Å². The second-order valence-corrected chi connectivity index (χ2v) is 2.72. The normalized spacial score (nSPS) is 27.8. The van der Waals surface area contributed by atoms with Crippen molar-refractivity contribution < 1.29 is 9.53 Å². The van der Waals surface area contributed by atoms with Crippen molar-refractivity contribution in [3.05, 3.63) is 0 Å². The topological polar surface area (TPSA) is 54.3 Å². The van der Waals surface area contributed by atoms with E-state index >= 15 is 0 Å². The van der Waals surface area contributed by atoms with Crippen molar-refractivity contribution >= 4 is 5.97 Å². The van der Waals surface area contributed by atoms with Crippen molar-refractivity contribution in [2.45, 2.75) is 25.9 Å². The number of hydrogen-bond donors (Lipinski definition) is 0. The number of carbonyl (C=O) groups is 1.